The summed E-state index contributed by atoms with van der Waals surface area (Å²) in [5, 5.41) is 1.65. The minimum Gasteiger partial charge on any atom is -0.286 e. The van der Waals surface area contributed by atoms with Gasteiger partial charge in [0.15, 0.2) is 0 Å². The van der Waals surface area contributed by atoms with Crippen molar-refractivity contribution in [2.75, 3.05) is 14.1 Å². The van der Waals surface area contributed by atoms with Crippen LogP contribution in [-0.2, 0) is 4.79 Å². The molecule has 0 unspecified atom stereocenters. The van der Waals surface area contributed by atoms with E-state index in [0.717, 1.165) is 18.4 Å². The molecule has 0 fully saturated rings. The number of allylic oxidation sites excluding steroid dienone is 1. The molecule has 0 spiro atoms. The molecule has 12 heavy (non-hydrogen) atoms. The fraction of sp³-hybridized carbons (Fsp3) is 0.667. The van der Waals surface area contributed by atoms with Crippen molar-refractivity contribution in [3.63, 3.8) is 0 Å². The second-order valence-corrected chi connectivity index (χ2v) is 2.90. The number of rotatable bonds is 4. The Bertz CT molecular complexity index is 173. The molecular weight excluding hydrogens is 152 g/mol. The largest absolute Gasteiger partial charge is 0.286 e. The highest BCUT2D eigenvalue weighted by Gasteiger charge is 2.06. The van der Waals surface area contributed by atoms with Gasteiger partial charge in [0.05, 0.1) is 0 Å². The van der Waals surface area contributed by atoms with E-state index in [9.17, 15) is 4.79 Å². The molecule has 0 aliphatic carbocycles. The Morgan fingerprint density at radius 3 is 2.42 bits per heavy atom. The summed E-state index contributed by atoms with van der Waals surface area (Å²) in [4.78, 5) is 11.4. The zero-order valence-corrected chi connectivity index (χ0v) is 8.35. The van der Waals surface area contributed by atoms with Gasteiger partial charge < -0.3 is 0 Å². The third-order valence-corrected chi connectivity index (χ3v) is 1.48. The molecule has 0 rings (SSSR count). The molecule has 70 valence electrons. The maximum Gasteiger partial charge on any atom is 0.261 e. The first-order valence-corrected chi connectivity index (χ1v) is 4.25. The summed E-state index contributed by atoms with van der Waals surface area (Å²) in [5.74, 6) is 0.00403. The summed E-state index contributed by atoms with van der Waals surface area (Å²) in [5.41, 5.74) is 3.56. The molecule has 0 bridgehead atoms. The predicted octanol–water partition coefficient (Wildman–Crippen LogP) is 1.33. The molecule has 3 nitrogen and oxygen atoms in total. The minimum atomic E-state index is 0.00403. The molecule has 1 amide bonds. The van der Waals surface area contributed by atoms with E-state index >= 15 is 0 Å². The van der Waals surface area contributed by atoms with E-state index in [4.69, 9.17) is 0 Å². The monoisotopic (exact) mass is 170 g/mol. The second kappa shape index (κ2) is 5.77. The Labute approximate surface area is 74.4 Å². The van der Waals surface area contributed by atoms with Gasteiger partial charge in [-0.3, -0.25) is 10.2 Å². The molecule has 3 heteroatoms. The Hall–Kier alpha value is -0.830. The van der Waals surface area contributed by atoms with Gasteiger partial charge >= 0.3 is 0 Å². The summed E-state index contributed by atoms with van der Waals surface area (Å²) < 4.78 is 0. The van der Waals surface area contributed by atoms with Gasteiger partial charge in [0.1, 0.15) is 0 Å². The Balaban J connectivity index is 4.05. The summed E-state index contributed by atoms with van der Waals surface area (Å²) in [6.07, 6.45) is 3.71. The highest BCUT2D eigenvalue weighted by atomic mass is 16.2. The van der Waals surface area contributed by atoms with Gasteiger partial charge in [-0.1, -0.05) is 19.4 Å². The lowest BCUT2D eigenvalue weighted by atomic mass is 10.1. The quantitative estimate of drug-likeness (QED) is 0.510. The third-order valence-electron chi connectivity index (χ3n) is 1.48. The first kappa shape index (κ1) is 11.2. The van der Waals surface area contributed by atoms with Crippen LogP contribution in [0.5, 0.6) is 0 Å². The molecule has 0 aliphatic heterocycles. The van der Waals surface area contributed by atoms with E-state index < -0.39 is 0 Å². The van der Waals surface area contributed by atoms with Gasteiger partial charge in [0, 0.05) is 19.7 Å². The molecule has 0 aliphatic rings. The molecule has 1 N–H and O–H groups in total. The van der Waals surface area contributed by atoms with Gasteiger partial charge in [-0.15, -0.1) is 0 Å². The molecule has 0 heterocycles. The van der Waals surface area contributed by atoms with Crippen LogP contribution in [0.25, 0.3) is 0 Å². The van der Waals surface area contributed by atoms with Gasteiger partial charge in [-0.25, -0.2) is 5.01 Å². The van der Waals surface area contributed by atoms with Crippen molar-refractivity contribution in [2.45, 2.75) is 26.7 Å². The first-order valence-electron chi connectivity index (χ1n) is 4.25. The van der Waals surface area contributed by atoms with Crippen LogP contribution in [0.4, 0.5) is 0 Å². The van der Waals surface area contributed by atoms with Crippen molar-refractivity contribution in [3.05, 3.63) is 11.6 Å². The number of hydrazine groups is 1. The molecule has 0 saturated heterocycles. The van der Waals surface area contributed by atoms with Crippen molar-refractivity contribution >= 4 is 5.91 Å². The number of carbonyl (C=O) groups excluding carboxylic acids is 1. The van der Waals surface area contributed by atoms with Crippen molar-refractivity contribution < 1.29 is 4.79 Å². The normalized spacial score (nSPS) is 11.9. The number of hydrogen-bond donors (Lipinski definition) is 1. The summed E-state index contributed by atoms with van der Waals surface area (Å²) in [7, 11) is 3.61. The molecule has 0 aromatic carbocycles. The smallest absolute Gasteiger partial charge is 0.261 e. The maximum atomic E-state index is 11.4. The summed E-state index contributed by atoms with van der Waals surface area (Å²) in [6, 6.07) is 0. The fourth-order valence-electron chi connectivity index (χ4n) is 0.933. The van der Waals surface area contributed by atoms with Crippen molar-refractivity contribution in [2.24, 2.45) is 0 Å². The lowest BCUT2D eigenvalue weighted by Crippen LogP contribution is -2.37. The number of nitrogens with zero attached hydrogens (tertiary/aromatic N) is 1. The molecule has 0 radical (unpaired) electrons. The highest BCUT2D eigenvalue weighted by molar-refractivity contribution is 5.92. The van der Waals surface area contributed by atoms with Crippen molar-refractivity contribution in [3.8, 4) is 0 Å². The standard InChI is InChI=1S/C9H18N2O/c1-5-7-8(6-2)9(12)10-11(3)4/h6H,5,7H2,1-4H3,(H,10,12)/b8-6+. The lowest BCUT2D eigenvalue weighted by Gasteiger charge is -2.13. The molecule has 0 aromatic rings. The first-order chi connectivity index (χ1) is 5.61. The topological polar surface area (TPSA) is 32.3 Å². The lowest BCUT2D eigenvalue weighted by molar-refractivity contribution is -0.121. The maximum absolute atomic E-state index is 11.4. The van der Waals surface area contributed by atoms with Crippen LogP contribution < -0.4 is 5.43 Å². The van der Waals surface area contributed by atoms with E-state index in [1.54, 1.807) is 19.1 Å². The molecule has 0 atom stereocenters. The van der Waals surface area contributed by atoms with E-state index in [2.05, 4.69) is 12.3 Å². The van der Waals surface area contributed by atoms with E-state index in [1.807, 2.05) is 13.0 Å². The van der Waals surface area contributed by atoms with E-state index in [-0.39, 0.29) is 5.91 Å². The fourth-order valence-corrected chi connectivity index (χ4v) is 0.933. The second-order valence-electron chi connectivity index (χ2n) is 2.90. The van der Waals surface area contributed by atoms with Crippen LogP contribution in [-0.4, -0.2) is 25.0 Å². The van der Waals surface area contributed by atoms with Crippen LogP contribution in [0.15, 0.2) is 11.6 Å². The minimum absolute atomic E-state index is 0.00403. The number of nitrogens with one attached hydrogen (secondary N) is 1. The zero-order chi connectivity index (χ0) is 9.56. The SMILES string of the molecule is C/C=C(\CCC)C(=O)NN(C)C. The van der Waals surface area contributed by atoms with Crippen molar-refractivity contribution in [1.29, 1.82) is 0 Å². The van der Waals surface area contributed by atoms with Gasteiger partial charge in [-0.05, 0) is 13.3 Å². The van der Waals surface area contributed by atoms with Crippen LogP contribution in [0.2, 0.25) is 0 Å². The molecule has 0 saturated carbocycles. The Kier molecular flexibility index (Phi) is 5.37. The van der Waals surface area contributed by atoms with Crippen molar-refractivity contribution in [1.82, 2.24) is 10.4 Å². The summed E-state index contributed by atoms with van der Waals surface area (Å²) >= 11 is 0. The molecule has 0 aromatic heterocycles. The van der Waals surface area contributed by atoms with E-state index in [1.165, 1.54) is 0 Å². The van der Waals surface area contributed by atoms with Gasteiger partial charge in [0.25, 0.3) is 5.91 Å². The predicted molar refractivity (Wildman–Crippen MR) is 50.5 cm³/mol. The average molecular weight is 170 g/mol. The summed E-state index contributed by atoms with van der Waals surface area (Å²) in [6.45, 7) is 3.95. The molecular formula is C9H18N2O. The van der Waals surface area contributed by atoms with E-state index in [0.29, 0.717) is 0 Å². The van der Waals surface area contributed by atoms with Crippen LogP contribution in [0.1, 0.15) is 26.7 Å². The highest BCUT2D eigenvalue weighted by Crippen LogP contribution is 2.03. The number of carbonyl (C=O) groups is 1. The van der Waals surface area contributed by atoms with Crippen LogP contribution in [0, 0.1) is 0 Å². The van der Waals surface area contributed by atoms with Crippen LogP contribution >= 0.6 is 0 Å². The number of amides is 1. The van der Waals surface area contributed by atoms with Gasteiger partial charge in [0.2, 0.25) is 0 Å². The Morgan fingerprint density at radius 1 is 1.50 bits per heavy atom. The van der Waals surface area contributed by atoms with Gasteiger partial charge in [-0.2, -0.15) is 0 Å². The Morgan fingerprint density at radius 2 is 2.08 bits per heavy atom. The third kappa shape index (κ3) is 4.13. The average Bonchev–Trinajstić information content (AvgIpc) is 1.98. The van der Waals surface area contributed by atoms with Crippen LogP contribution in [0.3, 0.4) is 0 Å². The zero-order valence-electron chi connectivity index (χ0n) is 8.35. The number of hydrogen-bond acceptors (Lipinski definition) is 2.